The normalized spacial score (nSPS) is 12.4. The van der Waals surface area contributed by atoms with Crippen molar-refractivity contribution in [3.8, 4) is 16.9 Å². The standard InChI is InChI=1S/C25H27F3N6O8S/c1-16-6-8-17(9-7-16)20-14-21(25(26,27)28)29-33(20)18-10-12-19(13-11-18)43(38,39)30-22(35)24(2,3)32(4)34(37)31-42-15-41-23(36)40-5/h6-14H,15H2,1-5H3,(H,30,35). The Morgan fingerprint density at radius 2 is 1.72 bits per heavy atom. The number of carbonyl (C=O) groups is 2. The van der Waals surface area contributed by atoms with Gasteiger partial charge in [-0.3, -0.25) is 4.79 Å². The maximum atomic E-state index is 13.5. The molecule has 18 heteroatoms. The predicted molar refractivity (Wildman–Crippen MR) is 141 cm³/mol. The number of amides is 1. The van der Waals surface area contributed by atoms with Gasteiger partial charge in [0.25, 0.3) is 22.7 Å². The first-order valence-corrected chi connectivity index (χ1v) is 13.6. The van der Waals surface area contributed by atoms with E-state index < -0.39 is 51.2 Å². The van der Waals surface area contributed by atoms with Crippen molar-refractivity contribution in [1.29, 1.82) is 0 Å². The van der Waals surface area contributed by atoms with E-state index in [1.54, 1.807) is 24.3 Å². The van der Waals surface area contributed by atoms with Crippen molar-refractivity contribution in [2.45, 2.75) is 37.4 Å². The van der Waals surface area contributed by atoms with Crippen LogP contribution in [0.2, 0.25) is 0 Å². The molecule has 0 bridgehead atoms. The van der Waals surface area contributed by atoms with E-state index in [0.717, 1.165) is 42.6 Å². The van der Waals surface area contributed by atoms with Gasteiger partial charge >= 0.3 is 12.3 Å². The fourth-order valence-corrected chi connectivity index (χ4v) is 4.45. The highest BCUT2D eigenvalue weighted by atomic mass is 32.2. The Kier molecular flexibility index (Phi) is 9.53. The molecule has 0 aliphatic heterocycles. The molecule has 1 N–H and O–H groups in total. The summed E-state index contributed by atoms with van der Waals surface area (Å²) < 4.78 is 77.9. The molecule has 232 valence electrons. The summed E-state index contributed by atoms with van der Waals surface area (Å²) >= 11 is 0. The number of hydrazine groups is 1. The number of sulfonamides is 1. The van der Waals surface area contributed by atoms with Crippen LogP contribution in [0.5, 0.6) is 0 Å². The minimum atomic E-state index is -4.73. The molecule has 1 heterocycles. The molecule has 0 aliphatic rings. The summed E-state index contributed by atoms with van der Waals surface area (Å²) in [6.07, 6.45) is -5.82. The van der Waals surface area contributed by atoms with E-state index in [9.17, 15) is 36.4 Å². The van der Waals surface area contributed by atoms with Crippen molar-refractivity contribution < 1.29 is 50.5 Å². The highest BCUT2D eigenvalue weighted by molar-refractivity contribution is 7.90. The molecule has 0 saturated carbocycles. The number of hydrogen-bond acceptors (Lipinski definition) is 10. The number of nitrogens with one attached hydrogen (secondary N) is 1. The summed E-state index contributed by atoms with van der Waals surface area (Å²) in [5.74, 6) is -1.13. The van der Waals surface area contributed by atoms with Gasteiger partial charge in [0.05, 0.1) is 35.4 Å². The molecule has 43 heavy (non-hydrogen) atoms. The summed E-state index contributed by atoms with van der Waals surface area (Å²) in [6.45, 7) is 3.48. The molecular weight excluding hydrogens is 601 g/mol. The summed E-state index contributed by atoms with van der Waals surface area (Å²) in [6, 6.07) is 12.2. The highest BCUT2D eigenvalue weighted by Gasteiger charge is 2.41. The summed E-state index contributed by atoms with van der Waals surface area (Å²) in [4.78, 5) is 27.7. The lowest BCUT2D eigenvalue weighted by atomic mass is 10.1. The second kappa shape index (κ2) is 12.6. The van der Waals surface area contributed by atoms with Crippen molar-refractivity contribution in [2.24, 2.45) is 5.28 Å². The van der Waals surface area contributed by atoms with Crippen LogP contribution in [0.3, 0.4) is 0 Å². The minimum Gasteiger partial charge on any atom is -0.569 e. The highest BCUT2D eigenvalue weighted by Crippen LogP contribution is 2.33. The fraction of sp³-hybridized carbons (Fsp3) is 0.320. The lowest BCUT2D eigenvalue weighted by Gasteiger charge is -2.29. The molecule has 3 aromatic rings. The van der Waals surface area contributed by atoms with Crippen LogP contribution in [0.4, 0.5) is 18.0 Å². The zero-order valence-electron chi connectivity index (χ0n) is 23.4. The monoisotopic (exact) mass is 628 g/mol. The van der Waals surface area contributed by atoms with Gasteiger partial charge in [-0.25, -0.2) is 22.6 Å². The van der Waals surface area contributed by atoms with Crippen LogP contribution in [0.15, 0.2) is 64.8 Å². The van der Waals surface area contributed by atoms with E-state index in [1.807, 2.05) is 11.6 Å². The zero-order chi connectivity index (χ0) is 32.2. The summed E-state index contributed by atoms with van der Waals surface area (Å²) in [7, 11) is -2.34. The Balaban J connectivity index is 1.81. The summed E-state index contributed by atoms with van der Waals surface area (Å²) in [5.41, 5.74) is -1.36. The smallest absolute Gasteiger partial charge is 0.510 e. The van der Waals surface area contributed by atoms with Crippen molar-refractivity contribution in [2.75, 3.05) is 21.0 Å². The maximum Gasteiger partial charge on any atom is 0.510 e. The second-order valence-electron chi connectivity index (χ2n) is 9.38. The molecule has 0 radical (unpaired) electrons. The molecule has 2 aromatic carbocycles. The zero-order valence-corrected chi connectivity index (χ0v) is 24.3. The molecular formula is C25H27F3N6O8S. The number of hydrogen-bond donors (Lipinski definition) is 1. The van der Waals surface area contributed by atoms with Crippen LogP contribution in [0, 0.1) is 12.1 Å². The Labute approximate surface area is 243 Å². The molecule has 1 amide bonds. The minimum absolute atomic E-state index is 0.120. The van der Waals surface area contributed by atoms with E-state index in [2.05, 4.69) is 24.7 Å². The summed E-state index contributed by atoms with van der Waals surface area (Å²) in [5, 5.41) is 19.7. The lowest BCUT2D eigenvalue weighted by molar-refractivity contribution is -0.717. The van der Waals surface area contributed by atoms with Crippen molar-refractivity contribution in [3.05, 3.63) is 71.1 Å². The van der Waals surface area contributed by atoms with Gasteiger partial charge < -0.3 is 19.5 Å². The van der Waals surface area contributed by atoms with Crippen LogP contribution in [0.1, 0.15) is 25.1 Å². The Morgan fingerprint density at radius 3 is 2.28 bits per heavy atom. The number of likely N-dealkylation sites (N-methyl/N-ethyl adjacent to an activating group) is 1. The third-order valence-electron chi connectivity index (χ3n) is 6.11. The number of benzene rings is 2. The first-order valence-electron chi connectivity index (χ1n) is 12.1. The molecule has 0 fully saturated rings. The molecule has 0 saturated heterocycles. The number of carbonyl (C=O) groups excluding carboxylic acids is 2. The Hall–Kier alpha value is -4.87. The molecule has 3 rings (SSSR count). The fourth-order valence-electron chi connectivity index (χ4n) is 3.34. The first-order chi connectivity index (χ1) is 20.0. The van der Waals surface area contributed by atoms with Crippen molar-refractivity contribution in [3.63, 3.8) is 0 Å². The molecule has 14 nitrogen and oxygen atoms in total. The number of halogens is 3. The quantitative estimate of drug-likeness (QED) is 0.0868. The molecule has 1 aromatic heterocycles. The number of alkyl halides is 3. The first kappa shape index (κ1) is 32.6. The number of aryl methyl sites for hydroxylation is 1. The average molecular weight is 629 g/mol. The van der Waals surface area contributed by atoms with Gasteiger partial charge in [0, 0.05) is 5.56 Å². The van der Waals surface area contributed by atoms with E-state index >= 15 is 0 Å². The third-order valence-corrected chi connectivity index (χ3v) is 7.46. The maximum absolute atomic E-state index is 13.5. The van der Waals surface area contributed by atoms with E-state index in [4.69, 9.17) is 0 Å². The molecule has 0 spiro atoms. The van der Waals surface area contributed by atoms with Crippen molar-refractivity contribution >= 4 is 22.1 Å². The molecule has 0 unspecified atom stereocenters. The SMILES string of the molecule is COC(=O)OCON=[N+]([O-])N(C)C(C)(C)C(=O)NS(=O)(=O)c1ccc(-n2nc(C(F)(F)F)cc2-c2ccc(C)cc2)cc1. The van der Waals surface area contributed by atoms with Gasteiger partial charge in [-0.15, -0.1) is 5.01 Å². The van der Waals surface area contributed by atoms with Crippen LogP contribution in [-0.2, 0) is 35.3 Å². The molecule has 0 aliphatic carbocycles. The van der Waals surface area contributed by atoms with Gasteiger partial charge in [0.2, 0.25) is 5.28 Å². The van der Waals surface area contributed by atoms with E-state index in [1.165, 1.54) is 26.0 Å². The van der Waals surface area contributed by atoms with Gasteiger partial charge in [-0.05, 0) is 51.1 Å². The molecule has 0 atom stereocenters. The van der Waals surface area contributed by atoms with E-state index in [0.29, 0.717) is 10.6 Å². The van der Waals surface area contributed by atoms with E-state index in [-0.39, 0.29) is 16.4 Å². The number of ether oxygens (including phenoxy) is 2. The topological polar surface area (TPSA) is 167 Å². The van der Waals surface area contributed by atoms with Crippen LogP contribution >= 0.6 is 0 Å². The van der Waals surface area contributed by atoms with Gasteiger partial charge in [0.15, 0.2) is 11.2 Å². The lowest BCUT2D eigenvalue weighted by Crippen LogP contribution is -2.56. The van der Waals surface area contributed by atoms with Crippen LogP contribution in [-0.4, -0.2) is 66.7 Å². The predicted octanol–water partition coefficient (Wildman–Crippen LogP) is 3.93. The number of nitrogens with zero attached hydrogens (tertiary/aromatic N) is 5. The Morgan fingerprint density at radius 1 is 1.12 bits per heavy atom. The average Bonchev–Trinajstić information content (AvgIpc) is 3.41. The van der Waals surface area contributed by atoms with Gasteiger partial charge in [0.1, 0.15) is 0 Å². The second-order valence-corrected chi connectivity index (χ2v) is 11.1. The van der Waals surface area contributed by atoms with Gasteiger partial charge in [-0.1, -0.05) is 29.8 Å². The largest absolute Gasteiger partial charge is 0.569 e. The number of methoxy groups -OCH3 is 1. The van der Waals surface area contributed by atoms with Crippen LogP contribution < -0.4 is 4.72 Å². The number of aromatic nitrogens is 2. The van der Waals surface area contributed by atoms with Crippen molar-refractivity contribution in [1.82, 2.24) is 19.5 Å². The third kappa shape index (κ3) is 7.70. The Bertz CT molecular complexity index is 1610. The van der Waals surface area contributed by atoms with Crippen LogP contribution in [0.25, 0.3) is 16.9 Å². The van der Waals surface area contributed by atoms with Gasteiger partial charge in [-0.2, -0.15) is 18.3 Å². The number of rotatable bonds is 10.